The van der Waals surface area contributed by atoms with Gasteiger partial charge in [0.15, 0.2) is 0 Å². The van der Waals surface area contributed by atoms with Gasteiger partial charge in [-0.1, -0.05) is 46.5 Å². The standard InChI is InChI=1S/C19H37N/c1-4-7-8-16(6-3)19(20-11-5-2)14-18-13-15-9-10-17(18)12-15/h15-20H,4-14H2,1-3H3. The van der Waals surface area contributed by atoms with Crippen molar-refractivity contribution >= 4 is 0 Å². The Morgan fingerprint density at radius 1 is 1.05 bits per heavy atom. The maximum Gasteiger partial charge on any atom is 0.00979 e. The summed E-state index contributed by atoms with van der Waals surface area (Å²) in [6.45, 7) is 8.25. The van der Waals surface area contributed by atoms with Gasteiger partial charge in [-0.3, -0.25) is 0 Å². The van der Waals surface area contributed by atoms with E-state index in [2.05, 4.69) is 26.1 Å². The topological polar surface area (TPSA) is 12.0 Å². The van der Waals surface area contributed by atoms with Crippen LogP contribution in [0.25, 0.3) is 0 Å². The van der Waals surface area contributed by atoms with Gasteiger partial charge in [0, 0.05) is 6.04 Å². The van der Waals surface area contributed by atoms with E-state index in [-0.39, 0.29) is 0 Å². The molecule has 0 spiro atoms. The van der Waals surface area contributed by atoms with E-state index in [0.29, 0.717) is 0 Å². The highest BCUT2D eigenvalue weighted by Crippen LogP contribution is 2.50. The first-order valence-electron chi connectivity index (χ1n) is 9.51. The first-order valence-corrected chi connectivity index (χ1v) is 9.51. The number of hydrogen-bond donors (Lipinski definition) is 1. The van der Waals surface area contributed by atoms with Gasteiger partial charge in [0.05, 0.1) is 0 Å². The third-order valence-electron chi connectivity index (χ3n) is 6.12. The lowest BCUT2D eigenvalue weighted by Crippen LogP contribution is -2.39. The van der Waals surface area contributed by atoms with Crippen LogP contribution in [0.5, 0.6) is 0 Å². The van der Waals surface area contributed by atoms with E-state index in [1.165, 1.54) is 45.1 Å². The monoisotopic (exact) mass is 279 g/mol. The Balaban J connectivity index is 1.87. The van der Waals surface area contributed by atoms with Gasteiger partial charge in [0.2, 0.25) is 0 Å². The molecule has 5 unspecified atom stereocenters. The first-order chi connectivity index (χ1) is 9.78. The summed E-state index contributed by atoms with van der Waals surface area (Å²) in [4.78, 5) is 0. The first kappa shape index (κ1) is 16.3. The fourth-order valence-corrected chi connectivity index (χ4v) is 4.92. The average Bonchev–Trinajstić information content (AvgIpc) is 3.07. The lowest BCUT2D eigenvalue weighted by Gasteiger charge is -2.32. The van der Waals surface area contributed by atoms with Crippen LogP contribution in [0.15, 0.2) is 0 Å². The van der Waals surface area contributed by atoms with Crippen molar-refractivity contribution in [3.63, 3.8) is 0 Å². The molecule has 2 rings (SSSR count). The zero-order chi connectivity index (χ0) is 14.4. The smallest absolute Gasteiger partial charge is 0.00979 e. The van der Waals surface area contributed by atoms with Crippen LogP contribution in [0, 0.1) is 23.7 Å². The van der Waals surface area contributed by atoms with Gasteiger partial charge in [-0.25, -0.2) is 0 Å². The minimum atomic E-state index is 0.802. The summed E-state index contributed by atoms with van der Waals surface area (Å²) in [6, 6.07) is 0.802. The fraction of sp³-hybridized carbons (Fsp3) is 1.00. The van der Waals surface area contributed by atoms with Gasteiger partial charge in [-0.15, -0.1) is 0 Å². The zero-order valence-electron chi connectivity index (χ0n) is 14.2. The summed E-state index contributed by atoms with van der Waals surface area (Å²) >= 11 is 0. The largest absolute Gasteiger partial charge is 0.314 e. The molecule has 5 atom stereocenters. The van der Waals surface area contributed by atoms with Crippen molar-refractivity contribution in [1.82, 2.24) is 5.32 Å². The van der Waals surface area contributed by atoms with Crippen LogP contribution in [-0.4, -0.2) is 12.6 Å². The van der Waals surface area contributed by atoms with Crippen molar-refractivity contribution in [2.45, 2.75) is 91.0 Å². The van der Waals surface area contributed by atoms with E-state index in [0.717, 1.165) is 29.7 Å². The summed E-state index contributed by atoms with van der Waals surface area (Å²) in [5, 5.41) is 3.92. The van der Waals surface area contributed by atoms with Crippen LogP contribution >= 0.6 is 0 Å². The molecule has 0 heterocycles. The second-order valence-electron chi connectivity index (χ2n) is 7.54. The molecule has 0 saturated heterocycles. The number of unbranched alkanes of at least 4 members (excludes halogenated alkanes) is 1. The Kier molecular flexibility index (Phi) is 6.87. The predicted octanol–water partition coefficient (Wildman–Crippen LogP) is 5.40. The van der Waals surface area contributed by atoms with E-state index in [9.17, 15) is 0 Å². The molecule has 1 N–H and O–H groups in total. The molecule has 2 aliphatic rings. The highest BCUT2D eigenvalue weighted by atomic mass is 14.9. The molecule has 0 amide bonds. The number of rotatable bonds is 10. The molecule has 2 bridgehead atoms. The van der Waals surface area contributed by atoms with Crippen molar-refractivity contribution in [2.75, 3.05) is 6.54 Å². The maximum absolute atomic E-state index is 3.92. The molecule has 20 heavy (non-hydrogen) atoms. The number of nitrogens with one attached hydrogen (secondary N) is 1. The van der Waals surface area contributed by atoms with Crippen LogP contribution in [0.1, 0.15) is 85.0 Å². The van der Waals surface area contributed by atoms with E-state index >= 15 is 0 Å². The Morgan fingerprint density at radius 3 is 2.45 bits per heavy atom. The molecule has 118 valence electrons. The van der Waals surface area contributed by atoms with Crippen molar-refractivity contribution in [3.05, 3.63) is 0 Å². The Labute approximate surface area is 127 Å². The Bertz CT molecular complexity index is 262. The van der Waals surface area contributed by atoms with E-state index in [1.807, 2.05) is 0 Å². The molecule has 0 aromatic heterocycles. The maximum atomic E-state index is 3.92. The van der Waals surface area contributed by atoms with Gasteiger partial charge < -0.3 is 5.32 Å². The normalized spacial score (nSPS) is 31.6. The van der Waals surface area contributed by atoms with Crippen molar-refractivity contribution in [1.29, 1.82) is 0 Å². The molecular formula is C19H37N. The van der Waals surface area contributed by atoms with Crippen molar-refractivity contribution in [3.8, 4) is 0 Å². The number of hydrogen-bond acceptors (Lipinski definition) is 1. The van der Waals surface area contributed by atoms with Gasteiger partial charge >= 0.3 is 0 Å². The molecule has 0 aromatic rings. The summed E-state index contributed by atoms with van der Waals surface area (Å²) < 4.78 is 0. The molecule has 0 aliphatic heterocycles. The van der Waals surface area contributed by atoms with Gasteiger partial charge in [0.25, 0.3) is 0 Å². The molecule has 0 aromatic carbocycles. The second kappa shape index (κ2) is 8.41. The SMILES string of the molecule is CCCCC(CC)C(CC1CC2CCC1C2)NCCC. The van der Waals surface area contributed by atoms with E-state index in [4.69, 9.17) is 0 Å². The van der Waals surface area contributed by atoms with Crippen LogP contribution in [0.3, 0.4) is 0 Å². The molecule has 2 saturated carbocycles. The lowest BCUT2D eigenvalue weighted by molar-refractivity contribution is 0.223. The van der Waals surface area contributed by atoms with Gasteiger partial charge in [-0.05, 0) is 68.7 Å². The molecular weight excluding hydrogens is 242 g/mol. The molecule has 2 aliphatic carbocycles. The highest BCUT2D eigenvalue weighted by Gasteiger charge is 2.40. The Morgan fingerprint density at radius 2 is 1.90 bits per heavy atom. The summed E-state index contributed by atoms with van der Waals surface area (Å²) in [5.74, 6) is 4.17. The lowest BCUT2D eigenvalue weighted by atomic mass is 9.79. The van der Waals surface area contributed by atoms with Gasteiger partial charge in [-0.2, -0.15) is 0 Å². The zero-order valence-corrected chi connectivity index (χ0v) is 14.2. The molecule has 1 nitrogen and oxygen atoms in total. The molecule has 0 radical (unpaired) electrons. The third kappa shape index (κ3) is 4.23. The van der Waals surface area contributed by atoms with E-state index < -0.39 is 0 Å². The van der Waals surface area contributed by atoms with Gasteiger partial charge in [0.1, 0.15) is 0 Å². The van der Waals surface area contributed by atoms with Crippen LogP contribution in [0.4, 0.5) is 0 Å². The van der Waals surface area contributed by atoms with Crippen LogP contribution in [0.2, 0.25) is 0 Å². The third-order valence-corrected chi connectivity index (χ3v) is 6.12. The molecule has 1 heteroatoms. The quantitative estimate of drug-likeness (QED) is 0.565. The minimum Gasteiger partial charge on any atom is -0.314 e. The van der Waals surface area contributed by atoms with Crippen molar-refractivity contribution in [2.24, 2.45) is 23.7 Å². The summed E-state index contributed by atoms with van der Waals surface area (Å²) in [6.07, 6.45) is 14.5. The number of fused-ring (bicyclic) bond motifs is 2. The van der Waals surface area contributed by atoms with Crippen molar-refractivity contribution < 1.29 is 0 Å². The molecule has 2 fully saturated rings. The minimum absolute atomic E-state index is 0.802. The summed E-state index contributed by atoms with van der Waals surface area (Å²) in [5.41, 5.74) is 0. The second-order valence-corrected chi connectivity index (χ2v) is 7.54. The fourth-order valence-electron chi connectivity index (χ4n) is 4.92. The van der Waals surface area contributed by atoms with E-state index in [1.54, 1.807) is 25.7 Å². The highest BCUT2D eigenvalue weighted by molar-refractivity contribution is 4.92. The van der Waals surface area contributed by atoms with Crippen LogP contribution in [-0.2, 0) is 0 Å². The van der Waals surface area contributed by atoms with Crippen LogP contribution < -0.4 is 5.32 Å². The summed E-state index contributed by atoms with van der Waals surface area (Å²) in [7, 11) is 0. The Hall–Kier alpha value is -0.0400. The predicted molar refractivity (Wildman–Crippen MR) is 88.9 cm³/mol. The average molecular weight is 280 g/mol.